The number of anilines is 2. The van der Waals surface area contributed by atoms with Crippen molar-refractivity contribution in [1.82, 2.24) is 9.97 Å². The molecule has 0 saturated carbocycles. The average molecular weight is 461 g/mol. The minimum Gasteiger partial charge on any atom is -0.324 e. The minimum absolute atomic E-state index is 0.0631. The summed E-state index contributed by atoms with van der Waals surface area (Å²) in [5.74, 6) is 0.719. The van der Waals surface area contributed by atoms with E-state index in [1.54, 1.807) is 16.2 Å². The number of nitrogens with one attached hydrogen (secondary N) is 1. The zero-order valence-electron chi connectivity index (χ0n) is 17.3. The van der Waals surface area contributed by atoms with Crippen LogP contribution in [-0.4, -0.2) is 33.6 Å². The predicted octanol–water partition coefficient (Wildman–Crippen LogP) is 5.21. The van der Waals surface area contributed by atoms with Gasteiger partial charge in [0.25, 0.3) is 0 Å². The number of benzene rings is 2. The molecule has 1 aliphatic rings. The van der Waals surface area contributed by atoms with Crippen LogP contribution in [0.2, 0.25) is 0 Å². The topological polar surface area (TPSA) is 75.2 Å². The summed E-state index contributed by atoms with van der Waals surface area (Å²) in [5, 5.41) is 6.60. The first-order valence-electron chi connectivity index (χ1n) is 10.2. The maximum atomic E-state index is 13.4. The summed E-state index contributed by atoms with van der Waals surface area (Å²) in [4.78, 5) is 37.8. The van der Waals surface area contributed by atoms with Crippen LogP contribution in [0.5, 0.6) is 0 Å². The molecule has 0 bridgehead atoms. The van der Waals surface area contributed by atoms with Crippen molar-refractivity contribution < 1.29 is 9.59 Å². The Morgan fingerprint density at radius 2 is 1.94 bits per heavy atom. The quantitative estimate of drug-likeness (QED) is 0.334. The molecule has 0 saturated heterocycles. The van der Waals surface area contributed by atoms with Crippen LogP contribution in [-0.2, 0) is 9.59 Å². The smallest absolute Gasteiger partial charge is 0.237 e. The molecule has 1 N–H and O–H groups in total. The van der Waals surface area contributed by atoms with E-state index >= 15 is 0 Å². The van der Waals surface area contributed by atoms with E-state index in [0.29, 0.717) is 11.5 Å². The second-order valence-electron chi connectivity index (χ2n) is 7.52. The summed E-state index contributed by atoms with van der Waals surface area (Å²) >= 11 is 2.99. The molecule has 3 heterocycles. The van der Waals surface area contributed by atoms with Crippen molar-refractivity contribution in [3.63, 3.8) is 0 Å². The van der Waals surface area contributed by atoms with E-state index in [4.69, 9.17) is 9.97 Å². The van der Waals surface area contributed by atoms with E-state index in [-0.39, 0.29) is 30.0 Å². The van der Waals surface area contributed by atoms with Crippen molar-refractivity contribution in [3.8, 4) is 10.7 Å². The second-order valence-corrected chi connectivity index (χ2v) is 9.43. The number of hydrogen-bond acceptors (Lipinski definition) is 6. The Hall–Kier alpha value is -3.23. The molecule has 2 amide bonds. The van der Waals surface area contributed by atoms with Gasteiger partial charge in [-0.1, -0.05) is 48.2 Å². The monoisotopic (exact) mass is 460 g/mol. The van der Waals surface area contributed by atoms with Gasteiger partial charge in [0, 0.05) is 17.8 Å². The number of amides is 2. The number of fused-ring (bicyclic) bond motifs is 2. The van der Waals surface area contributed by atoms with E-state index in [2.05, 4.69) is 5.32 Å². The Balaban J connectivity index is 1.46. The SMILES string of the molecule is C[C@H]1CC(=O)Nc2ccccc2N1C(=O)CSc1nc(-c2cccs2)nc2ccccc12. The average Bonchev–Trinajstić information content (AvgIpc) is 3.29. The Morgan fingerprint density at radius 3 is 2.78 bits per heavy atom. The van der Waals surface area contributed by atoms with Gasteiger partial charge in [0.2, 0.25) is 11.8 Å². The number of para-hydroxylation sites is 3. The number of carbonyl (C=O) groups is 2. The Morgan fingerprint density at radius 1 is 1.12 bits per heavy atom. The summed E-state index contributed by atoms with van der Waals surface area (Å²) in [7, 11) is 0. The second kappa shape index (κ2) is 8.72. The fourth-order valence-corrected chi connectivity index (χ4v) is 5.38. The van der Waals surface area contributed by atoms with E-state index in [0.717, 1.165) is 26.5 Å². The van der Waals surface area contributed by atoms with Gasteiger partial charge in [0.15, 0.2) is 5.82 Å². The third kappa shape index (κ3) is 3.99. The lowest BCUT2D eigenvalue weighted by atomic mass is 10.2. The normalized spacial score (nSPS) is 15.8. The molecule has 2 aromatic carbocycles. The minimum atomic E-state index is -0.240. The molecule has 4 aromatic rings. The van der Waals surface area contributed by atoms with Crippen LogP contribution in [0.15, 0.2) is 71.1 Å². The Bertz CT molecular complexity index is 1310. The van der Waals surface area contributed by atoms with Gasteiger partial charge in [-0.25, -0.2) is 9.97 Å². The van der Waals surface area contributed by atoms with E-state index in [1.165, 1.54) is 11.8 Å². The van der Waals surface area contributed by atoms with Gasteiger partial charge < -0.3 is 10.2 Å². The Labute approximate surface area is 193 Å². The van der Waals surface area contributed by atoms with Gasteiger partial charge in [-0.05, 0) is 36.6 Å². The highest BCUT2D eigenvalue weighted by molar-refractivity contribution is 8.00. The molecule has 6 nitrogen and oxygen atoms in total. The van der Waals surface area contributed by atoms with Crippen LogP contribution in [0, 0.1) is 0 Å². The highest BCUT2D eigenvalue weighted by atomic mass is 32.2. The van der Waals surface area contributed by atoms with Crippen LogP contribution in [0.1, 0.15) is 13.3 Å². The van der Waals surface area contributed by atoms with Crippen LogP contribution in [0.4, 0.5) is 11.4 Å². The number of nitrogens with zero attached hydrogens (tertiary/aromatic N) is 3. The molecule has 0 radical (unpaired) electrons. The fourth-order valence-electron chi connectivity index (χ4n) is 3.84. The number of rotatable bonds is 4. The van der Waals surface area contributed by atoms with E-state index in [9.17, 15) is 9.59 Å². The third-order valence-electron chi connectivity index (χ3n) is 5.27. The molecule has 0 fully saturated rings. The van der Waals surface area contributed by atoms with Crippen LogP contribution >= 0.6 is 23.1 Å². The van der Waals surface area contributed by atoms with Crippen molar-refractivity contribution in [3.05, 3.63) is 66.0 Å². The summed E-state index contributed by atoms with van der Waals surface area (Å²) < 4.78 is 0. The lowest BCUT2D eigenvalue weighted by molar-refractivity contribution is -0.117. The standard InChI is InChI=1S/C24H20N4O2S2/c1-15-13-21(29)25-18-9-4-5-10-19(18)28(15)22(30)14-32-24-16-7-2-3-8-17(16)26-23(27-24)20-11-6-12-31-20/h2-12,15H,13-14H2,1H3,(H,25,29)/t15-/m0/s1. The maximum Gasteiger partial charge on any atom is 0.237 e. The first-order valence-corrected chi connectivity index (χ1v) is 12.1. The molecule has 8 heteroatoms. The number of carbonyl (C=O) groups excluding carboxylic acids is 2. The van der Waals surface area contributed by atoms with Gasteiger partial charge in [-0.15, -0.1) is 11.3 Å². The van der Waals surface area contributed by atoms with Gasteiger partial charge in [-0.2, -0.15) is 0 Å². The molecule has 0 aliphatic carbocycles. The van der Waals surface area contributed by atoms with E-state index in [1.807, 2.05) is 73.0 Å². The molecule has 2 aromatic heterocycles. The molecule has 160 valence electrons. The summed E-state index contributed by atoms with van der Waals surface area (Å²) in [6.45, 7) is 1.90. The molecule has 5 rings (SSSR count). The first-order chi connectivity index (χ1) is 15.6. The lowest BCUT2D eigenvalue weighted by Crippen LogP contribution is -2.40. The zero-order valence-corrected chi connectivity index (χ0v) is 19.0. The van der Waals surface area contributed by atoms with Gasteiger partial charge in [0.1, 0.15) is 5.03 Å². The Kier molecular flexibility index (Phi) is 5.63. The number of hydrogen-bond donors (Lipinski definition) is 1. The zero-order chi connectivity index (χ0) is 22.1. The van der Waals surface area contributed by atoms with Gasteiger partial charge in [0.05, 0.1) is 27.5 Å². The number of thioether (sulfide) groups is 1. The van der Waals surface area contributed by atoms with Crippen LogP contribution in [0.25, 0.3) is 21.6 Å². The van der Waals surface area contributed by atoms with E-state index < -0.39 is 0 Å². The highest BCUT2D eigenvalue weighted by Crippen LogP contribution is 2.34. The van der Waals surface area contributed by atoms with Crippen molar-refractivity contribution in [2.75, 3.05) is 16.0 Å². The van der Waals surface area contributed by atoms with Gasteiger partial charge in [-0.3, -0.25) is 9.59 Å². The lowest BCUT2D eigenvalue weighted by Gasteiger charge is -2.27. The largest absolute Gasteiger partial charge is 0.324 e. The maximum absolute atomic E-state index is 13.4. The van der Waals surface area contributed by atoms with Crippen molar-refractivity contribution >= 4 is 57.2 Å². The van der Waals surface area contributed by atoms with Crippen molar-refractivity contribution in [2.45, 2.75) is 24.4 Å². The third-order valence-corrected chi connectivity index (χ3v) is 7.11. The molecule has 0 spiro atoms. The fraction of sp³-hybridized carbons (Fsp3) is 0.167. The van der Waals surface area contributed by atoms with Gasteiger partial charge >= 0.3 is 0 Å². The molecule has 0 unspecified atom stereocenters. The van der Waals surface area contributed by atoms with Crippen LogP contribution < -0.4 is 10.2 Å². The molecule has 32 heavy (non-hydrogen) atoms. The predicted molar refractivity (Wildman–Crippen MR) is 130 cm³/mol. The molecule has 1 atom stereocenters. The van der Waals surface area contributed by atoms with Crippen molar-refractivity contribution in [1.29, 1.82) is 0 Å². The number of aromatic nitrogens is 2. The highest BCUT2D eigenvalue weighted by Gasteiger charge is 2.29. The summed E-state index contributed by atoms with van der Waals surface area (Å²) in [5.41, 5.74) is 2.24. The first kappa shape index (κ1) is 20.7. The summed E-state index contributed by atoms with van der Waals surface area (Å²) in [6.07, 6.45) is 0.254. The molecular formula is C24H20N4O2S2. The molecular weight excluding hydrogens is 440 g/mol. The van der Waals surface area contributed by atoms with Crippen molar-refractivity contribution in [2.24, 2.45) is 0 Å². The van der Waals surface area contributed by atoms with Crippen LogP contribution in [0.3, 0.4) is 0 Å². The summed E-state index contributed by atoms with van der Waals surface area (Å²) in [6, 6.07) is 19.0. The molecule has 1 aliphatic heterocycles. The number of thiophene rings is 1.